The number of nitrogen functional groups attached to an aromatic ring is 1. The van der Waals surface area contributed by atoms with Gasteiger partial charge in [-0.3, -0.25) is 4.79 Å². The van der Waals surface area contributed by atoms with E-state index in [1.165, 1.54) is 0 Å². The topological polar surface area (TPSA) is 76.2 Å². The molecule has 1 atom stereocenters. The fourth-order valence-corrected chi connectivity index (χ4v) is 1.71. The third-order valence-corrected chi connectivity index (χ3v) is 2.71. The van der Waals surface area contributed by atoms with Crippen LogP contribution in [0.2, 0.25) is 0 Å². The van der Waals surface area contributed by atoms with Crippen LogP contribution in [-0.2, 0) is 11.2 Å². The second-order valence-corrected chi connectivity index (χ2v) is 4.00. The van der Waals surface area contributed by atoms with Crippen molar-refractivity contribution in [3.63, 3.8) is 0 Å². The van der Waals surface area contributed by atoms with E-state index in [0.717, 1.165) is 0 Å². The quantitative estimate of drug-likeness (QED) is 0.852. The maximum absolute atomic E-state index is 11.9. The molecule has 1 heterocycles. The lowest BCUT2D eigenvalue weighted by molar-refractivity contribution is -0.126. The van der Waals surface area contributed by atoms with E-state index in [0.29, 0.717) is 16.9 Å². The highest BCUT2D eigenvalue weighted by Crippen LogP contribution is 2.17. The summed E-state index contributed by atoms with van der Waals surface area (Å²) < 4.78 is 0. The van der Waals surface area contributed by atoms with Crippen molar-refractivity contribution in [1.29, 1.82) is 0 Å². The van der Waals surface area contributed by atoms with Gasteiger partial charge in [-0.1, -0.05) is 36.4 Å². The van der Waals surface area contributed by atoms with Crippen molar-refractivity contribution in [3.05, 3.63) is 59.8 Å². The van der Waals surface area contributed by atoms with Gasteiger partial charge in [0.15, 0.2) is 5.78 Å². The SMILES string of the molecule is Nc1ncccc1CC(=O)C(O)c1ccccc1. The van der Waals surface area contributed by atoms with Crippen molar-refractivity contribution >= 4 is 11.6 Å². The van der Waals surface area contributed by atoms with Gasteiger partial charge in [0.25, 0.3) is 0 Å². The zero-order valence-corrected chi connectivity index (χ0v) is 9.78. The molecular formula is C14H14N2O2. The Morgan fingerprint density at radius 1 is 1.22 bits per heavy atom. The van der Waals surface area contributed by atoms with E-state index < -0.39 is 6.10 Å². The number of aromatic nitrogens is 1. The molecule has 0 radical (unpaired) electrons. The summed E-state index contributed by atoms with van der Waals surface area (Å²) in [6.07, 6.45) is 0.526. The average Bonchev–Trinajstić information content (AvgIpc) is 2.41. The minimum Gasteiger partial charge on any atom is -0.383 e. The molecule has 0 bridgehead atoms. The molecule has 0 spiro atoms. The molecule has 4 heteroatoms. The number of ketones is 1. The molecule has 0 aliphatic carbocycles. The highest BCUT2D eigenvalue weighted by molar-refractivity contribution is 5.86. The summed E-state index contributed by atoms with van der Waals surface area (Å²) in [5, 5.41) is 9.93. The summed E-state index contributed by atoms with van der Waals surface area (Å²) in [6, 6.07) is 12.3. The Balaban J connectivity index is 2.12. The molecule has 2 rings (SSSR count). The number of anilines is 1. The molecule has 1 unspecified atom stereocenters. The van der Waals surface area contributed by atoms with Gasteiger partial charge in [-0.05, 0) is 11.6 Å². The van der Waals surface area contributed by atoms with Gasteiger partial charge in [0, 0.05) is 18.2 Å². The minimum absolute atomic E-state index is 0.0791. The van der Waals surface area contributed by atoms with Crippen molar-refractivity contribution in [2.75, 3.05) is 5.73 Å². The third kappa shape index (κ3) is 2.73. The van der Waals surface area contributed by atoms with Crippen molar-refractivity contribution in [2.45, 2.75) is 12.5 Å². The summed E-state index contributed by atoms with van der Waals surface area (Å²) in [5.41, 5.74) is 6.89. The van der Waals surface area contributed by atoms with Crippen molar-refractivity contribution in [2.24, 2.45) is 0 Å². The predicted octanol–water partition coefficient (Wildman–Crippen LogP) is 1.51. The molecule has 0 aliphatic rings. The van der Waals surface area contributed by atoms with Crippen LogP contribution in [0.5, 0.6) is 0 Å². The number of benzene rings is 1. The first-order chi connectivity index (χ1) is 8.68. The summed E-state index contributed by atoms with van der Waals surface area (Å²) in [7, 11) is 0. The molecule has 2 aromatic rings. The van der Waals surface area contributed by atoms with E-state index >= 15 is 0 Å². The number of hydrogen-bond acceptors (Lipinski definition) is 4. The van der Waals surface area contributed by atoms with Crippen molar-refractivity contribution in [3.8, 4) is 0 Å². The van der Waals surface area contributed by atoms with E-state index in [4.69, 9.17) is 5.73 Å². The minimum atomic E-state index is -1.12. The number of pyridine rings is 1. The number of nitrogens with two attached hydrogens (primary N) is 1. The molecule has 18 heavy (non-hydrogen) atoms. The number of nitrogens with zero attached hydrogens (tertiary/aromatic N) is 1. The van der Waals surface area contributed by atoms with Crippen LogP contribution in [-0.4, -0.2) is 15.9 Å². The zero-order chi connectivity index (χ0) is 13.0. The van der Waals surface area contributed by atoms with Gasteiger partial charge in [0.1, 0.15) is 11.9 Å². The number of aliphatic hydroxyl groups excluding tert-OH is 1. The van der Waals surface area contributed by atoms with Crippen LogP contribution >= 0.6 is 0 Å². The number of hydrogen-bond donors (Lipinski definition) is 2. The molecular weight excluding hydrogens is 228 g/mol. The molecule has 0 amide bonds. The Morgan fingerprint density at radius 3 is 2.61 bits per heavy atom. The van der Waals surface area contributed by atoms with Crippen molar-refractivity contribution < 1.29 is 9.90 Å². The smallest absolute Gasteiger partial charge is 0.170 e. The fourth-order valence-electron chi connectivity index (χ4n) is 1.71. The van der Waals surface area contributed by atoms with Gasteiger partial charge in [-0.2, -0.15) is 0 Å². The van der Waals surface area contributed by atoms with E-state index in [1.807, 2.05) is 6.07 Å². The normalized spacial score (nSPS) is 12.1. The number of Topliss-reactive ketones (excluding diaryl/α,β-unsaturated/α-hetero) is 1. The molecule has 0 aliphatic heterocycles. The lowest BCUT2D eigenvalue weighted by Crippen LogP contribution is -2.15. The van der Waals surface area contributed by atoms with E-state index in [9.17, 15) is 9.90 Å². The van der Waals surface area contributed by atoms with Gasteiger partial charge in [-0.25, -0.2) is 4.98 Å². The van der Waals surface area contributed by atoms with E-state index in [2.05, 4.69) is 4.98 Å². The van der Waals surface area contributed by atoms with Gasteiger partial charge < -0.3 is 10.8 Å². The Kier molecular flexibility index (Phi) is 3.69. The standard InChI is InChI=1S/C14H14N2O2/c15-14-11(7-4-8-16-14)9-12(17)13(18)10-5-2-1-3-6-10/h1-8,13,18H,9H2,(H2,15,16). The number of carbonyl (C=O) groups excluding carboxylic acids is 1. The van der Waals surface area contributed by atoms with Crippen LogP contribution in [0, 0.1) is 0 Å². The number of rotatable bonds is 4. The Bertz CT molecular complexity index is 541. The monoisotopic (exact) mass is 242 g/mol. The molecule has 1 aromatic carbocycles. The summed E-state index contributed by atoms with van der Waals surface area (Å²) in [5.74, 6) is 0.0343. The Morgan fingerprint density at radius 2 is 1.94 bits per heavy atom. The van der Waals surface area contributed by atoms with Gasteiger partial charge >= 0.3 is 0 Å². The van der Waals surface area contributed by atoms with Gasteiger partial charge in [-0.15, -0.1) is 0 Å². The van der Waals surface area contributed by atoms with Crippen LogP contribution in [0.1, 0.15) is 17.2 Å². The molecule has 92 valence electrons. The van der Waals surface area contributed by atoms with Crippen molar-refractivity contribution in [1.82, 2.24) is 4.98 Å². The van der Waals surface area contributed by atoms with Gasteiger partial charge in [0.2, 0.25) is 0 Å². The molecule has 0 fully saturated rings. The Hall–Kier alpha value is -2.20. The van der Waals surface area contributed by atoms with Crippen LogP contribution in [0.3, 0.4) is 0 Å². The lowest BCUT2D eigenvalue weighted by Gasteiger charge is -2.10. The first-order valence-electron chi connectivity index (χ1n) is 5.63. The molecule has 0 saturated carbocycles. The van der Waals surface area contributed by atoms with Crippen LogP contribution in [0.4, 0.5) is 5.82 Å². The summed E-state index contributed by atoms with van der Waals surface area (Å²) >= 11 is 0. The first-order valence-corrected chi connectivity index (χ1v) is 5.63. The maximum atomic E-state index is 11.9. The largest absolute Gasteiger partial charge is 0.383 e. The molecule has 3 N–H and O–H groups in total. The highest BCUT2D eigenvalue weighted by atomic mass is 16.3. The zero-order valence-electron chi connectivity index (χ0n) is 9.78. The second kappa shape index (κ2) is 5.42. The summed E-state index contributed by atoms with van der Waals surface area (Å²) in [4.78, 5) is 15.8. The van der Waals surface area contributed by atoms with E-state index in [1.54, 1.807) is 42.6 Å². The van der Waals surface area contributed by atoms with Crippen LogP contribution in [0.15, 0.2) is 48.7 Å². The number of aliphatic hydroxyl groups is 1. The van der Waals surface area contributed by atoms with Gasteiger partial charge in [0.05, 0.1) is 0 Å². The maximum Gasteiger partial charge on any atom is 0.170 e. The predicted molar refractivity (Wildman–Crippen MR) is 68.8 cm³/mol. The van der Waals surface area contributed by atoms with E-state index in [-0.39, 0.29) is 12.2 Å². The summed E-state index contributed by atoms with van der Waals surface area (Å²) in [6.45, 7) is 0. The van der Waals surface area contributed by atoms with Crippen LogP contribution in [0.25, 0.3) is 0 Å². The van der Waals surface area contributed by atoms with Crippen LogP contribution < -0.4 is 5.73 Å². The average molecular weight is 242 g/mol. The highest BCUT2D eigenvalue weighted by Gasteiger charge is 2.18. The second-order valence-electron chi connectivity index (χ2n) is 4.00. The number of carbonyl (C=O) groups is 1. The third-order valence-electron chi connectivity index (χ3n) is 2.71. The fraction of sp³-hybridized carbons (Fsp3) is 0.143. The molecule has 0 saturated heterocycles. The lowest BCUT2D eigenvalue weighted by atomic mass is 10.0. The molecule has 1 aromatic heterocycles. The first kappa shape index (κ1) is 12.3. The molecule has 4 nitrogen and oxygen atoms in total. The Labute approximate surface area is 105 Å².